The number of pyridine rings is 1. The summed E-state index contributed by atoms with van der Waals surface area (Å²) >= 11 is 0. The first kappa shape index (κ1) is 26.9. The van der Waals surface area contributed by atoms with Crippen molar-refractivity contribution in [3.05, 3.63) is 138 Å². The second kappa shape index (κ2) is 14.3. The zero-order chi connectivity index (χ0) is 38.4. The zero-order valence-corrected chi connectivity index (χ0v) is 29.8. The molecule has 0 aliphatic rings. The monoisotopic (exact) mass is 826 g/mol. The maximum atomic E-state index is 7.28. The summed E-state index contributed by atoms with van der Waals surface area (Å²) in [4.78, 5) is 9.13. The molecule has 0 saturated carbocycles. The number of nitrogens with zero attached hydrogens (tertiary/aromatic N) is 5. The van der Waals surface area contributed by atoms with Crippen LogP contribution in [0.3, 0.4) is 0 Å². The number of rotatable bonds is 5. The van der Waals surface area contributed by atoms with Crippen molar-refractivity contribution in [3.8, 4) is 28.3 Å². The summed E-state index contributed by atoms with van der Waals surface area (Å²) in [5.74, 6) is 1.40. The van der Waals surface area contributed by atoms with E-state index in [1.165, 1.54) is 35.5 Å². The fourth-order valence-electron chi connectivity index (χ4n) is 5.97. The molecular weight excluding hydrogens is 783 g/mol. The molecule has 49 heavy (non-hydrogen) atoms. The van der Waals surface area contributed by atoms with Crippen LogP contribution in [0.5, 0.6) is 0 Å². The second-order valence-electron chi connectivity index (χ2n) is 12.2. The van der Waals surface area contributed by atoms with Crippen LogP contribution in [0.1, 0.15) is 70.0 Å². The van der Waals surface area contributed by atoms with Crippen molar-refractivity contribution >= 4 is 33.1 Å². The Kier molecular flexibility index (Phi) is 7.83. The molecule has 4 aromatic heterocycles. The Bertz CT molecular complexity index is 2510. The van der Waals surface area contributed by atoms with Crippen molar-refractivity contribution < 1.29 is 32.7 Å². The van der Waals surface area contributed by atoms with E-state index in [4.69, 9.17) is 17.6 Å². The fraction of sp³-hybridized carbons (Fsp3) is 0.190. The number of para-hydroxylation sites is 2. The molecule has 0 amide bonds. The molecule has 247 valence electrons. The maximum Gasteiger partial charge on any atom is 0.178 e. The number of imidazole rings is 1. The van der Waals surface area contributed by atoms with Crippen molar-refractivity contribution in [2.75, 3.05) is 0 Å². The number of benzene rings is 4. The minimum atomic E-state index is -2.18. The number of aryl methyl sites for hydroxylation is 2. The molecule has 8 rings (SSSR count). The van der Waals surface area contributed by atoms with E-state index >= 15 is 0 Å². The average molecular weight is 826 g/mol. The molecule has 7 heteroatoms. The van der Waals surface area contributed by atoms with Crippen LogP contribution in [0.25, 0.3) is 61.4 Å². The van der Waals surface area contributed by atoms with Crippen molar-refractivity contribution in [2.24, 2.45) is 0 Å². The van der Waals surface area contributed by atoms with Gasteiger partial charge in [0.1, 0.15) is 11.1 Å². The van der Waals surface area contributed by atoms with Gasteiger partial charge in [0, 0.05) is 45.6 Å². The molecule has 0 fully saturated rings. The first-order valence-electron chi connectivity index (χ1n) is 18.9. The van der Waals surface area contributed by atoms with Crippen LogP contribution in [0.15, 0.2) is 108 Å². The molecule has 0 aliphatic heterocycles. The van der Waals surface area contributed by atoms with Gasteiger partial charge in [-0.25, -0.2) is 0 Å². The summed E-state index contributed by atoms with van der Waals surface area (Å²) in [5.41, 5.74) is 9.13. The van der Waals surface area contributed by atoms with Crippen LogP contribution in [-0.4, -0.2) is 24.7 Å². The molecule has 0 spiro atoms. The quantitative estimate of drug-likeness (QED) is 0.162. The smallest absolute Gasteiger partial charge is 0.178 e. The van der Waals surface area contributed by atoms with Gasteiger partial charge in [-0.3, -0.25) is 4.98 Å². The van der Waals surface area contributed by atoms with Crippen molar-refractivity contribution in [1.82, 2.24) is 24.7 Å². The summed E-state index contributed by atoms with van der Waals surface area (Å²) in [6.45, 7) is 4.55. The van der Waals surface area contributed by atoms with Crippen LogP contribution in [0.2, 0.25) is 0 Å². The third kappa shape index (κ3) is 6.57. The molecular formula is C42H37IrN5O-2. The standard InChI is InChI=1S/C29H25N4O.C13H12N.Ir/c1-17(2)19-10-7-11-20(18(3)4)26(19)33-28(31-24-15-16-30-32-29(24)33)23-13-8-12-22-21-9-5-6-14-25(21)34-27(22)23;1-10-3-6-12(7-4-10)13-8-5-11(2)9-14-13;/h5-12,14-18H,1-4H3;3-6,8-9H,1-2H3;/q2*-1;/i;1D3,2D3;. The van der Waals surface area contributed by atoms with Crippen LogP contribution in [0.4, 0.5) is 0 Å². The summed E-state index contributed by atoms with van der Waals surface area (Å²) in [7, 11) is 0. The first-order valence-corrected chi connectivity index (χ1v) is 15.9. The van der Waals surface area contributed by atoms with Crippen LogP contribution in [0, 0.1) is 25.8 Å². The molecule has 0 N–H and O–H groups in total. The molecule has 6 nitrogen and oxygen atoms in total. The Morgan fingerprint density at radius 3 is 2.27 bits per heavy atom. The third-order valence-corrected chi connectivity index (χ3v) is 8.31. The summed E-state index contributed by atoms with van der Waals surface area (Å²) in [5, 5.41) is 10.9. The molecule has 4 heterocycles. The van der Waals surface area contributed by atoms with Crippen LogP contribution in [-0.2, 0) is 20.1 Å². The largest absolute Gasteiger partial charge is 0.501 e. The van der Waals surface area contributed by atoms with Crippen molar-refractivity contribution in [1.29, 1.82) is 0 Å². The molecule has 0 unspecified atom stereocenters. The van der Waals surface area contributed by atoms with E-state index in [9.17, 15) is 0 Å². The minimum Gasteiger partial charge on any atom is -0.501 e. The third-order valence-electron chi connectivity index (χ3n) is 8.31. The van der Waals surface area contributed by atoms with Gasteiger partial charge < -0.3 is 14.0 Å². The van der Waals surface area contributed by atoms with Gasteiger partial charge in [-0.1, -0.05) is 94.0 Å². The number of hydrogen-bond donors (Lipinski definition) is 0. The Labute approximate surface area is 309 Å². The fourth-order valence-corrected chi connectivity index (χ4v) is 5.97. The van der Waals surface area contributed by atoms with Crippen molar-refractivity contribution in [2.45, 2.75) is 53.2 Å². The predicted molar refractivity (Wildman–Crippen MR) is 194 cm³/mol. The SMILES string of the molecule is CC(C)c1cccc(C(C)C)c1-n1c(-c2[c-]ccc3c2oc2ccccc23)nc2ccnnc21.[2H]C([2H])([2H])c1c[c-]c(-c2ccc(C([2H])([2H])[2H])cn2)cc1.[Ir]. The van der Waals surface area contributed by atoms with E-state index in [0.29, 0.717) is 23.1 Å². The van der Waals surface area contributed by atoms with E-state index in [-0.39, 0.29) is 31.2 Å². The van der Waals surface area contributed by atoms with Gasteiger partial charge >= 0.3 is 0 Å². The normalized spacial score (nSPS) is 13.6. The predicted octanol–water partition coefficient (Wildman–Crippen LogP) is 10.6. The van der Waals surface area contributed by atoms with Crippen LogP contribution >= 0.6 is 0 Å². The molecule has 0 saturated heterocycles. The number of hydrogen-bond acceptors (Lipinski definition) is 5. The molecule has 8 aromatic rings. The zero-order valence-electron chi connectivity index (χ0n) is 33.4. The Morgan fingerprint density at radius 1 is 0.796 bits per heavy atom. The van der Waals surface area contributed by atoms with Gasteiger partial charge in [0.05, 0.1) is 17.6 Å². The van der Waals surface area contributed by atoms with Gasteiger partial charge in [-0.15, -0.1) is 58.7 Å². The van der Waals surface area contributed by atoms with Gasteiger partial charge in [-0.2, -0.15) is 5.10 Å². The summed E-state index contributed by atoms with van der Waals surface area (Å²) < 4.78 is 52.2. The van der Waals surface area contributed by atoms with Gasteiger partial charge in [0.25, 0.3) is 0 Å². The Morgan fingerprint density at radius 2 is 1.57 bits per heavy atom. The molecule has 0 aliphatic carbocycles. The summed E-state index contributed by atoms with van der Waals surface area (Å²) in [6, 6.07) is 34.4. The average Bonchev–Trinajstić information content (AvgIpc) is 3.73. The Hall–Kier alpha value is -4.97. The van der Waals surface area contributed by atoms with Gasteiger partial charge in [0.15, 0.2) is 5.65 Å². The molecule has 1 radical (unpaired) electrons. The van der Waals surface area contributed by atoms with Crippen LogP contribution < -0.4 is 0 Å². The van der Waals surface area contributed by atoms with E-state index < -0.39 is 13.7 Å². The first-order chi connectivity index (χ1) is 25.7. The number of fused-ring (bicyclic) bond motifs is 4. The molecule has 4 aromatic carbocycles. The summed E-state index contributed by atoms with van der Waals surface area (Å²) in [6.07, 6.45) is 2.99. The van der Waals surface area contributed by atoms with Crippen molar-refractivity contribution in [3.63, 3.8) is 0 Å². The van der Waals surface area contributed by atoms with Gasteiger partial charge in [-0.05, 0) is 53.2 Å². The van der Waals surface area contributed by atoms with E-state index in [0.717, 1.165) is 50.2 Å². The van der Waals surface area contributed by atoms with E-state index in [2.05, 4.69) is 89.9 Å². The van der Waals surface area contributed by atoms with Gasteiger partial charge in [0.2, 0.25) is 0 Å². The van der Waals surface area contributed by atoms with E-state index in [1.54, 1.807) is 18.3 Å². The Balaban J connectivity index is 0.000000211. The minimum absolute atomic E-state index is 0. The second-order valence-corrected chi connectivity index (χ2v) is 12.2. The van der Waals surface area contributed by atoms with E-state index in [1.807, 2.05) is 30.3 Å². The molecule has 0 bridgehead atoms. The topological polar surface area (TPSA) is 69.6 Å². The number of aromatic nitrogens is 5. The molecule has 0 atom stereocenters. The number of furan rings is 1. The maximum absolute atomic E-state index is 7.28.